The maximum absolute atomic E-state index is 13.4. The zero-order valence-corrected chi connectivity index (χ0v) is 20.8. The predicted octanol–water partition coefficient (Wildman–Crippen LogP) is 5.89. The molecule has 1 aromatic heterocycles. The number of hydrogen-bond acceptors (Lipinski definition) is 5. The Balaban J connectivity index is 1.33. The van der Waals surface area contributed by atoms with E-state index in [2.05, 4.69) is 15.6 Å². The number of aromatic nitrogens is 1. The van der Waals surface area contributed by atoms with E-state index in [-0.39, 0.29) is 30.1 Å². The molecule has 1 saturated carbocycles. The van der Waals surface area contributed by atoms with E-state index in [4.69, 9.17) is 16.3 Å². The van der Waals surface area contributed by atoms with Gasteiger partial charge in [-0.2, -0.15) is 13.2 Å². The van der Waals surface area contributed by atoms with Gasteiger partial charge < -0.3 is 20.3 Å². The van der Waals surface area contributed by atoms with Gasteiger partial charge in [0.2, 0.25) is 0 Å². The van der Waals surface area contributed by atoms with Crippen molar-refractivity contribution in [3.05, 3.63) is 59.2 Å². The van der Waals surface area contributed by atoms with E-state index < -0.39 is 11.9 Å². The highest BCUT2D eigenvalue weighted by atomic mass is 35.5. The summed E-state index contributed by atoms with van der Waals surface area (Å²) >= 11 is 6.09. The van der Waals surface area contributed by atoms with Crippen LogP contribution in [0.15, 0.2) is 48.5 Å². The highest BCUT2D eigenvalue weighted by Gasteiger charge is 2.34. The SMILES string of the molecule is CN(C)c1cccc(OCC(=O)N[C@H]2CC[C@@H](Nc3cc(C(F)(F)F)nc4ccc(Cl)cc34)CC2)c1. The fourth-order valence-electron chi connectivity index (χ4n) is 4.33. The molecule has 0 radical (unpaired) electrons. The van der Waals surface area contributed by atoms with Gasteiger partial charge in [0.25, 0.3) is 5.91 Å². The molecule has 6 nitrogen and oxygen atoms in total. The van der Waals surface area contributed by atoms with Crippen LogP contribution in [0.3, 0.4) is 0 Å². The lowest BCUT2D eigenvalue weighted by Gasteiger charge is -2.30. The Morgan fingerprint density at radius 2 is 1.81 bits per heavy atom. The molecule has 1 fully saturated rings. The second-order valence-electron chi connectivity index (χ2n) is 9.16. The van der Waals surface area contributed by atoms with Gasteiger partial charge in [0.1, 0.15) is 11.4 Å². The molecule has 1 aliphatic rings. The number of amides is 1. The number of carbonyl (C=O) groups excluding carboxylic acids is 1. The molecule has 10 heteroatoms. The van der Waals surface area contributed by atoms with Crippen LogP contribution in [0.2, 0.25) is 5.02 Å². The van der Waals surface area contributed by atoms with Crippen LogP contribution in [0, 0.1) is 0 Å². The molecule has 3 aromatic rings. The summed E-state index contributed by atoms with van der Waals surface area (Å²) in [6.45, 7) is -0.0843. The average molecular weight is 521 g/mol. The number of ether oxygens (including phenoxy) is 1. The largest absolute Gasteiger partial charge is 0.484 e. The van der Waals surface area contributed by atoms with E-state index in [1.807, 2.05) is 37.2 Å². The lowest BCUT2D eigenvalue weighted by Crippen LogP contribution is -2.42. The quantitative estimate of drug-likeness (QED) is 0.406. The molecule has 1 heterocycles. The first kappa shape index (κ1) is 25.9. The van der Waals surface area contributed by atoms with Gasteiger partial charge in [-0.3, -0.25) is 4.79 Å². The van der Waals surface area contributed by atoms with E-state index in [1.54, 1.807) is 12.1 Å². The normalized spacial score (nSPS) is 18.1. The predicted molar refractivity (Wildman–Crippen MR) is 136 cm³/mol. The molecule has 1 amide bonds. The fourth-order valence-corrected chi connectivity index (χ4v) is 4.51. The van der Waals surface area contributed by atoms with Crippen molar-refractivity contribution in [1.29, 1.82) is 0 Å². The van der Waals surface area contributed by atoms with E-state index in [0.717, 1.165) is 11.8 Å². The molecule has 192 valence electrons. The molecule has 1 aliphatic carbocycles. The highest BCUT2D eigenvalue weighted by Crippen LogP contribution is 2.35. The molecule has 0 spiro atoms. The molecule has 0 bridgehead atoms. The summed E-state index contributed by atoms with van der Waals surface area (Å²) in [4.78, 5) is 18.1. The molecule has 2 N–H and O–H groups in total. The second kappa shape index (κ2) is 10.8. The number of hydrogen-bond donors (Lipinski definition) is 2. The maximum atomic E-state index is 13.4. The maximum Gasteiger partial charge on any atom is 0.433 e. The first-order valence-electron chi connectivity index (χ1n) is 11.7. The number of halogens is 4. The van der Waals surface area contributed by atoms with Crippen molar-refractivity contribution in [2.45, 2.75) is 43.9 Å². The highest BCUT2D eigenvalue weighted by molar-refractivity contribution is 6.31. The molecule has 0 saturated heterocycles. The zero-order chi connectivity index (χ0) is 25.9. The second-order valence-corrected chi connectivity index (χ2v) is 9.59. The van der Waals surface area contributed by atoms with Crippen LogP contribution in [0.4, 0.5) is 24.5 Å². The third kappa shape index (κ3) is 6.51. The number of alkyl halides is 3. The topological polar surface area (TPSA) is 66.5 Å². The Labute approximate surface area is 212 Å². The van der Waals surface area contributed by atoms with Crippen molar-refractivity contribution in [2.24, 2.45) is 0 Å². The Kier molecular flexibility index (Phi) is 7.78. The Bertz CT molecular complexity index is 1230. The minimum atomic E-state index is -4.55. The molecule has 0 atom stereocenters. The molecule has 2 aromatic carbocycles. The van der Waals surface area contributed by atoms with E-state index in [9.17, 15) is 18.0 Å². The first-order valence-corrected chi connectivity index (χ1v) is 12.1. The summed E-state index contributed by atoms with van der Waals surface area (Å²) < 4.78 is 45.8. The molecular weight excluding hydrogens is 493 g/mol. The number of rotatable bonds is 7. The minimum absolute atomic E-state index is 0.0124. The van der Waals surface area contributed by atoms with Crippen molar-refractivity contribution in [2.75, 3.05) is 30.9 Å². The lowest BCUT2D eigenvalue weighted by molar-refractivity contribution is -0.140. The van der Waals surface area contributed by atoms with Crippen LogP contribution in [0.1, 0.15) is 31.4 Å². The van der Waals surface area contributed by atoms with E-state index in [1.165, 1.54) is 12.1 Å². The molecule has 0 aliphatic heterocycles. The number of benzene rings is 2. The average Bonchev–Trinajstić information content (AvgIpc) is 2.83. The van der Waals surface area contributed by atoms with Crippen LogP contribution in [0.5, 0.6) is 5.75 Å². The van der Waals surface area contributed by atoms with Gasteiger partial charge in [0.15, 0.2) is 6.61 Å². The third-order valence-corrected chi connectivity index (χ3v) is 6.45. The standard InChI is InChI=1S/C26H28ClF3N4O2/c1-34(2)19-4-3-5-20(13-19)36-15-25(35)32-18-9-7-17(8-10-18)31-23-14-24(26(28,29)30)33-22-11-6-16(27)12-21(22)23/h3-6,11-14,17-18H,7-10,15H2,1-2H3,(H,31,33)(H,32,35)/t17-,18+. The molecule has 0 unspecified atom stereocenters. The molecule has 4 rings (SSSR count). The lowest BCUT2D eigenvalue weighted by atomic mass is 9.90. The summed E-state index contributed by atoms with van der Waals surface area (Å²) in [7, 11) is 3.86. The van der Waals surface area contributed by atoms with Crippen molar-refractivity contribution in [3.63, 3.8) is 0 Å². The van der Waals surface area contributed by atoms with Crippen molar-refractivity contribution in [3.8, 4) is 5.75 Å². The first-order chi connectivity index (χ1) is 17.1. The number of pyridine rings is 1. The van der Waals surface area contributed by atoms with E-state index in [0.29, 0.717) is 47.5 Å². The summed E-state index contributed by atoms with van der Waals surface area (Å²) in [5, 5.41) is 7.23. The number of nitrogens with one attached hydrogen (secondary N) is 2. The van der Waals surface area contributed by atoms with Crippen molar-refractivity contribution >= 4 is 39.8 Å². The zero-order valence-electron chi connectivity index (χ0n) is 20.0. The fraction of sp³-hybridized carbons (Fsp3) is 0.385. The summed E-state index contributed by atoms with van der Waals surface area (Å²) in [6, 6.07) is 13.1. The van der Waals surface area contributed by atoms with Crippen LogP contribution in [-0.4, -0.2) is 43.7 Å². The Hall–Kier alpha value is -3.20. The van der Waals surface area contributed by atoms with Gasteiger partial charge in [-0.15, -0.1) is 0 Å². The van der Waals surface area contributed by atoms with Crippen LogP contribution in [0.25, 0.3) is 10.9 Å². The number of fused-ring (bicyclic) bond motifs is 1. The van der Waals surface area contributed by atoms with Crippen molar-refractivity contribution < 1.29 is 22.7 Å². The monoisotopic (exact) mass is 520 g/mol. The smallest absolute Gasteiger partial charge is 0.433 e. The van der Waals surface area contributed by atoms with Gasteiger partial charge in [0.05, 0.1) is 5.52 Å². The van der Waals surface area contributed by atoms with Gasteiger partial charge in [-0.05, 0) is 62.1 Å². The Morgan fingerprint density at radius 1 is 1.08 bits per heavy atom. The number of nitrogens with zero attached hydrogens (tertiary/aromatic N) is 2. The van der Waals surface area contributed by atoms with Gasteiger partial charge in [0, 0.05) is 54.0 Å². The summed E-state index contributed by atoms with van der Waals surface area (Å²) in [5.41, 5.74) is 0.617. The molecular formula is C26H28ClF3N4O2. The van der Waals surface area contributed by atoms with Gasteiger partial charge in [-0.25, -0.2) is 4.98 Å². The summed E-state index contributed by atoms with van der Waals surface area (Å²) in [6.07, 6.45) is -1.75. The Morgan fingerprint density at radius 3 is 2.50 bits per heavy atom. The number of anilines is 2. The van der Waals surface area contributed by atoms with Gasteiger partial charge in [-0.1, -0.05) is 17.7 Å². The van der Waals surface area contributed by atoms with Crippen LogP contribution in [-0.2, 0) is 11.0 Å². The van der Waals surface area contributed by atoms with Crippen molar-refractivity contribution in [1.82, 2.24) is 10.3 Å². The van der Waals surface area contributed by atoms with Crippen LogP contribution >= 0.6 is 11.6 Å². The summed E-state index contributed by atoms with van der Waals surface area (Å²) in [5.74, 6) is 0.415. The third-order valence-electron chi connectivity index (χ3n) is 6.22. The van der Waals surface area contributed by atoms with E-state index >= 15 is 0 Å². The van der Waals surface area contributed by atoms with Crippen LogP contribution < -0.4 is 20.3 Å². The van der Waals surface area contributed by atoms with Gasteiger partial charge >= 0.3 is 6.18 Å². The number of carbonyl (C=O) groups is 1. The molecule has 36 heavy (non-hydrogen) atoms. The minimum Gasteiger partial charge on any atom is -0.484 e.